The molecule has 0 bridgehead atoms. The van der Waals surface area contributed by atoms with Crippen molar-refractivity contribution >= 4 is 29.4 Å². The Labute approximate surface area is 191 Å². The van der Waals surface area contributed by atoms with E-state index >= 15 is 0 Å². The normalized spacial score (nSPS) is 17.3. The van der Waals surface area contributed by atoms with Crippen LogP contribution in [0.15, 0.2) is 54.9 Å². The lowest BCUT2D eigenvalue weighted by molar-refractivity contribution is 0.175. The number of anilines is 3. The molecule has 9 heteroatoms. The molecule has 0 radical (unpaired) electrons. The molecule has 1 fully saturated rings. The Hall–Kier alpha value is -4.01. The van der Waals surface area contributed by atoms with Crippen LogP contribution in [0.5, 0.6) is 5.75 Å². The summed E-state index contributed by atoms with van der Waals surface area (Å²) < 4.78 is 19.1. The van der Waals surface area contributed by atoms with Gasteiger partial charge in [-0.3, -0.25) is 10.3 Å². The standard InChI is InChI=1S/C24H25FN6O2/c1-15-11-18(9-10-27-15)29-21-14-28-23(12-16(21)13-26)31-24(32)30-20-3-2-4-22(20)33-19-7-5-17(25)6-8-19/h5-14,20,22,26H,2-4H2,1H3,(H,27,29)(H2,28,30,31,32)/t20-,22-/m0/s1. The number of nitrogens with zero attached hydrogens (tertiary/aromatic N) is 2. The molecule has 0 saturated heterocycles. The first-order chi connectivity index (χ1) is 16.0. The fourth-order valence-corrected chi connectivity index (χ4v) is 3.78. The van der Waals surface area contributed by atoms with Crippen LogP contribution in [-0.4, -0.2) is 34.4 Å². The maximum Gasteiger partial charge on any atom is 0.320 e. The minimum Gasteiger partial charge on any atom is -0.488 e. The Kier molecular flexibility index (Phi) is 6.77. The predicted octanol–water partition coefficient (Wildman–Crippen LogP) is 4.79. The van der Waals surface area contributed by atoms with Crippen molar-refractivity contribution in [3.63, 3.8) is 0 Å². The summed E-state index contributed by atoms with van der Waals surface area (Å²) in [4.78, 5) is 21.0. The van der Waals surface area contributed by atoms with Crippen LogP contribution in [0.3, 0.4) is 0 Å². The number of aromatic nitrogens is 2. The third kappa shape index (κ3) is 5.82. The molecule has 4 rings (SSSR count). The Bertz CT molecular complexity index is 1140. The number of benzene rings is 1. The lowest BCUT2D eigenvalue weighted by Gasteiger charge is -2.22. The van der Waals surface area contributed by atoms with Crippen molar-refractivity contribution in [2.45, 2.75) is 38.3 Å². The Morgan fingerprint density at radius 3 is 2.76 bits per heavy atom. The highest BCUT2D eigenvalue weighted by Gasteiger charge is 2.30. The molecule has 0 unspecified atom stereocenters. The van der Waals surface area contributed by atoms with Crippen molar-refractivity contribution < 1.29 is 13.9 Å². The number of carbonyl (C=O) groups is 1. The van der Waals surface area contributed by atoms with Gasteiger partial charge in [0.1, 0.15) is 23.5 Å². The number of amides is 2. The third-order valence-corrected chi connectivity index (χ3v) is 5.38. The van der Waals surface area contributed by atoms with Gasteiger partial charge >= 0.3 is 6.03 Å². The van der Waals surface area contributed by atoms with Crippen LogP contribution in [0.25, 0.3) is 0 Å². The first-order valence-corrected chi connectivity index (χ1v) is 10.7. The number of hydrogen-bond donors (Lipinski definition) is 4. The molecule has 1 aliphatic carbocycles. The van der Waals surface area contributed by atoms with Gasteiger partial charge in [-0.05, 0) is 68.7 Å². The zero-order valence-electron chi connectivity index (χ0n) is 18.1. The minimum absolute atomic E-state index is 0.173. The molecule has 2 heterocycles. The van der Waals surface area contributed by atoms with E-state index in [1.165, 1.54) is 18.3 Å². The van der Waals surface area contributed by atoms with Gasteiger partial charge in [0, 0.05) is 29.4 Å². The summed E-state index contributed by atoms with van der Waals surface area (Å²) in [5.74, 6) is 0.577. The van der Waals surface area contributed by atoms with Gasteiger partial charge in [-0.25, -0.2) is 14.2 Å². The maximum atomic E-state index is 13.1. The average Bonchev–Trinajstić information content (AvgIpc) is 3.22. The summed E-state index contributed by atoms with van der Waals surface area (Å²) in [6, 6.07) is 10.6. The molecule has 8 nitrogen and oxygen atoms in total. The number of pyridine rings is 2. The van der Waals surface area contributed by atoms with Crippen LogP contribution in [0.1, 0.15) is 30.5 Å². The summed E-state index contributed by atoms with van der Waals surface area (Å²) in [6.45, 7) is 1.90. The zero-order chi connectivity index (χ0) is 23.2. The Morgan fingerprint density at radius 1 is 1.18 bits per heavy atom. The zero-order valence-corrected chi connectivity index (χ0v) is 18.1. The predicted molar refractivity (Wildman–Crippen MR) is 125 cm³/mol. The van der Waals surface area contributed by atoms with Crippen molar-refractivity contribution in [1.82, 2.24) is 15.3 Å². The SMILES string of the molecule is Cc1cc(Nc2cnc(NC(=O)N[C@H]3CCC[C@@H]3Oc3ccc(F)cc3)cc2C=N)ccn1. The van der Waals surface area contributed by atoms with E-state index in [1.807, 2.05) is 19.1 Å². The highest BCUT2D eigenvalue weighted by molar-refractivity contribution is 5.92. The number of ether oxygens (including phenoxy) is 1. The summed E-state index contributed by atoms with van der Waals surface area (Å²) in [7, 11) is 0. The minimum atomic E-state index is -0.400. The molecule has 1 aromatic carbocycles. The Morgan fingerprint density at radius 2 is 2.00 bits per heavy atom. The number of nitrogens with one attached hydrogen (secondary N) is 4. The molecule has 33 heavy (non-hydrogen) atoms. The van der Waals surface area contributed by atoms with Gasteiger partial charge in [0.05, 0.1) is 17.9 Å². The molecule has 2 aromatic heterocycles. The number of carbonyl (C=O) groups excluding carboxylic acids is 1. The molecular formula is C24H25FN6O2. The van der Waals surface area contributed by atoms with Crippen molar-refractivity contribution in [3.8, 4) is 5.75 Å². The quantitative estimate of drug-likeness (QED) is 0.389. The van der Waals surface area contributed by atoms with E-state index in [0.29, 0.717) is 22.8 Å². The highest BCUT2D eigenvalue weighted by atomic mass is 19.1. The molecule has 0 aliphatic heterocycles. The topological polar surface area (TPSA) is 112 Å². The van der Waals surface area contributed by atoms with E-state index in [2.05, 4.69) is 25.9 Å². The molecule has 0 spiro atoms. The lowest BCUT2D eigenvalue weighted by atomic mass is 10.2. The van der Waals surface area contributed by atoms with Gasteiger partial charge in [0.25, 0.3) is 0 Å². The Balaban J connectivity index is 1.37. The van der Waals surface area contributed by atoms with Crippen molar-refractivity contribution in [1.29, 1.82) is 5.41 Å². The first-order valence-electron chi connectivity index (χ1n) is 10.7. The molecule has 1 aliphatic rings. The lowest BCUT2D eigenvalue weighted by Crippen LogP contribution is -2.44. The monoisotopic (exact) mass is 448 g/mol. The van der Waals surface area contributed by atoms with Gasteiger partial charge in [-0.1, -0.05) is 0 Å². The van der Waals surface area contributed by atoms with Crippen LogP contribution >= 0.6 is 0 Å². The number of rotatable bonds is 7. The van der Waals surface area contributed by atoms with E-state index in [0.717, 1.165) is 30.6 Å². The molecule has 1 saturated carbocycles. The van der Waals surface area contributed by atoms with Crippen LogP contribution in [0, 0.1) is 18.2 Å². The molecule has 170 valence electrons. The molecule has 4 N–H and O–H groups in total. The third-order valence-electron chi connectivity index (χ3n) is 5.38. The number of halogens is 1. The maximum absolute atomic E-state index is 13.1. The first kappa shape index (κ1) is 22.2. The van der Waals surface area contributed by atoms with Crippen molar-refractivity contribution in [2.24, 2.45) is 0 Å². The molecule has 3 aromatic rings. The number of hydrogen-bond acceptors (Lipinski definition) is 6. The van der Waals surface area contributed by atoms with Gasteiger partial charge in [0.2, 0.25) is 0 Å². The van der Waals surface area contributed by atoms with Gasteiger partial charge in [0.15, 0.2) is 0 Å². The van der Waals surface area contributed by atoms with E-state index < -0.39 is 6.03 Å². The van der Waals surface area contributed by atoms with Crippen LogP contribution in [0.4, 0.5) is 26.4 Å². The smallest absolute Gasteiger partial charge is 0.320 e. The van der Waals surface area contributed by atoms with Crippen LogP contribution in [-0.2, 0) is 0 Å². The van der Waals surface area contributed by atoms with Crippen LogP contribution < -0.4 is 20.7 Å². The summed E-state index contributed by atoms with van der Waals surface area (Å²) in [6.07, 6.45) is 6.78. The van der Waals surface area contributed by atoms with Gasteiger partial charge in [-0.15, -0.1) is 0 Å². The van der Waals surface area contributed by atoms with Gasteiger partial charge in [-0.2, -0.15) is 0 Å². The summed E-state index contributed by atoms with van der Waals surface area (Å²) >= 11 is 0. The van der Waals surface area contributed by atoms with E-state index in [1.54, 1.807) is 30.6 Å². The fraction of sp³-hybridized carbons (Fsp3) is 0.250. The number of aryl methyl sites for hydroxylation is 1. The fourth-order valence-electron chi connectivity index (χ4n) is 3.78. The summed E-state index contributed by atoms with van der Waals surface area (Å²) in [5, 5.41) is 16.6. The highest BCUT2D eigenvalue weighted by Crippen LogP contribution is 2.25. The van der Waals surface area contributed by atoms with E-state index in [-0.39, 0.29) is 18.0 Å². The molecule has 2 atom stereocenters. The molecule has 2 amide bonds. The second kappa shape index (κ2) is 10.1. The largest absolute Gasteiger partial charge is 0.488 e. The number of urea groups is 1. The van der Waals surface area contributed by atoms with Crippen molar-refractivity contribution in [3.05, 3.63) is 71.9 Å². The van der Waals surface area contributed by atoms with E-state index in [4.69, 9.17) is 10.1 Å². The summed E-state index contributed by atoms with van der Waals surface area (Å²) in [5.41, 5.74) is 2.92. The second-order valence-electron chi connectivity index (χ2n) is 7.86. The van der Waals surface area contributed by atoms with Gasteiger partial charge < -0.3 is 20.8 Å². The second-order valence-corrected chi connectivity index (χ2v) is 7.86. The average molecular weight is 449 g/mol. The van der Waals surface area contributed by atoms with Crippen LogP contribution in [0.2, 0.25) is 0 Å². The van der Waals surface area contributed by atoms with E-state index in [9.17, 15) is 9.18 Å². The van der Waals surface area contributed by atoms with Crippen molar-refractivity contribution in [2.75, 3.05) is 10.6 Å². The molecular weight excluding hydrogens is 423 g/mol.